The van der Waals surface area contributed by atoms with Crippen molar-refractivity contribution in [1.82, 2.24) is 4.90 Å². The third-order valence-electron chi connectivity index (χ3n) is 3.53. The molecule has 0 radical (unpaired) electrons. The molecule has 0 spiro atoms. The maximum Gasteiger partial charge on any atom is 0.254 e. The lowest BCUT2D eigenvalue weighted by Gasteiger charge is -2.23. The van der Waals surface area contributed by atoms with E-state index in [9.17, 15) is 4.79 Å². The van der Waals surface area contributed by atoms with Gasteiger partial charge in [-0.3, -0.25) is 4.79 Å². The summed E-state index contributed by atoms with van der Waals surface area (Å²) in [7, 11) is 0. The third-order valence-corrected chi connectivity index (χ3v) is 3.53. The van der Waals surface area contributed by atoms with E-state index in [-0.39, 0.29) is 18.2 Å². The Morgan fingerprint density at radius 1 is 1.00 bits per heavy atom. The van der Waals surface area contributed by atoms with Gasteiger partial charge in [-0.25, -0.2) is 0 Å². The molecule has 0 aromatic heterocycles. The molecule has 1 aliphatic rings. The summed E-state index contributed by atoms with van der Waals surface area (Å²) < 4.78 is 5.82. The van der Waals surface area contributed by atoms with Crippen molar-refractivity contribution >= 4 is 5.91 Å². The van der Waals surface area contributed by atoms with Crippen LogP contribution in [-0.4, -0.2) is 16.9 Å². The van der Waals surface area contributed by atoms with Crippen molar-refractivity contribution in [2.75, 3.05) is 0 Å². The lowest BCUT2D eigenvalue weighted by Crippen LogP contribution is -2.29. The molecule has 1 heterocycles. The Morgan fingerprint density at radius 3 is 2.25 bits per heavy atom. The fourth-order valence-electron chi connectivity index (χ4n) is 2.49. The van der Waals surface area contributed by atoms with Gasteiger partial charge in [0.1, 0.15) is 6.10 Å². The van der Waals surface area contributed by atoms with E-state index >= 15 is 0 Å². The topological polar surface area (TPSA) is 29.5 Å². The Morgan fingerprint density at radius 2 is 1.60 bits per heavy atom. The van der Waals surface area contributed by atoms with Crippen LogP contribution in [0.15, 0.2) is 60.7 Å². The summed E-state index contributed by atoms with van der Waals surface area (Å²) in [6, 6.07) is 19.9. The Balaban J connectivity index is 1.87. The second-order valence-corrected chi connectivity index (χ2v) is 4.99. The number of rotatable bonds is 3. The molecule has 2 aromatic rings. The predicted octanol–water partition coefficient (Wildman–Crippen LogP) is 3.13. The first kappa shape index (κ1) is 12.9. The third kappa shape index (κ3) is 2.45. The average Bonchev–Trinajstić information content (AvgIpc) is 2.78. The molecular formula is C17H17NO2. The predicted molar refractivity (Wildman–Crippen MR) is 76.7 cm³/mol. The van der Waals surface area contributed by atoms with Gasteiger partial charge in [-0.1, -0.05) is 60.7 Å². The molecule has 0 bridgehead atoms. The summed E-state index contributed by atoms with van der Waals surface area (Å²) in [5, 5.41) is 0. The molecule has 20 heavy (non-hydrogen) atoms. The van der Waals surface area contributed by atoms with Crippen LogP contribution in [-0.2, 0) is 16.1 Å². The Bertz CT molecular complexity index is 582. The van der Waals surface area contributed by atoms with Crippen LogP contribution in [0.5, 0.6) is 0 Å². The zero-order valence-corrected chi connectivity index (χ0v) is 11.4. The molecule has 0 unspecified atom stereocenters. The van der Waals surface area contributed by atoms with Crippen molar-refractivity contribution in [3.05, 3.63) is 71.8 Å². The van der Waals surface area contributed by atoms with E-state index in [4.69, 9.17) is 4.74 Å². The van der Waals surface area contributed by atoms with E-state index in [1.54, 1.807) is 4.90 Å². The molecule has 1 aliphatic heterocycles. The molecule has 1 amide bonds. The molecular weight excluding hydrogens is 250 g/mol. The smallest absolute Gasteiger partial charge is 0.254 e. The van der Waals surface area contributed by atoms with Gasteiger partial charge in [-0.05, 0) is 12.5 Å². The lowest BCUT2D eigenvalue weighted by atomic mass is 10.1. The van der Waals surface area contributed by atoms with Gasteiger partial charge in [0, 0.05) is 12.1 Å². The highest BCUT2D eigenvalue weighted by Crippen LogP contribution is 2.32. The Hall–Kier alpha value is -2.13. The van der Waals surface area contributed by atoms with Gasteiger partial charge in [0.25, 0.3) is 5.91 Å². The van der Waals surface area contributed by atoms with Crippen LogP contribution in [0.1, 0.15) is 24.3 Å². The number of nitrogens with zero attached hydrogens (tertiary/aromatic N) is 1. The maximum atomic E-state index is 12.3. The van der Waals surface area contributed by atoms with Gasteiger partial charge < -0.3 is 9.64 Å². The van der Waals surface area contributed by atoms with Crippen molar-refractivity contribution in [2.24, 2.45) is 0 Å². The van der Waals surface area contributed by atoms with Crippen molar-refractivity contribution in [1.29, 1.82) is 0 Å². The number of benzene rings is 2. The van der Waals surface area contributed by atoms with Gasteiger partial charge in [-0.2, -0.15) is 0 Å². The fourth-order valence-corrected chi connectivity index (χ4v) is 2.49. The molecule has 3 heteroatoms. The molecule has 0 aliphatic carbocycles. The van der Waals surface area contributed by atoms with Crippen molar-refractivity contribution in [3.63, 3.8) is 0 Å². The molecule has 1 saturated heterocycles. The minimum atomic E-state index is -0.385. The highest BCUT2D eigenvalue weighted by atomic mass is 16.5. The van der Waals surface area contributed by atoms with Crippen LogP contribution >= 0.6 is 0 Å². The highest BCUT2D eigenvalue weighted by Gasteiger charge is 2.38. The first-order valence-corrected chi connectivity index (χ1v) is 6.80. The standard InChI is InChI=1S/C17H17NO2/c1-13-16(19)18(12-14-8-4-2-5-9-14)17(20-13)15-10-6-3-7-11-15/h2-11,13,17H,12H2,1H3/t13-,17-/m1/s1. The van der Waals surface area contributed by atoms with Gasteiger partial charge in [-0.15, -0.1) is 0 Å². The minimum Gasteiger partial charge on any atom is -0.341 e. The summed E-state index contributed by atoms with van der Waals surface area (Å²) in [6.07, 6.45) is -0.678. The summed E-state index contributed by atoms with van der Waals surface area (Å²) in [6.45, 7) is 2.38. The molecule has 2 atom stereocenters. The zero-order chi connectivity index (χ0) is 13.9. The summed E-state index contributed by atoms with van der Waals surface area (Å²) in [5.41, 5.74) is 2.13. The molecule has 2 aromatic carbocycles. The number of carbonyl (C=O) groups excluding carboxylic acids is 1. The minimum absolute atomic E-state index is 0.0442. The Labute approximate surface area is 118 Å². The van der Waals surface area contributed by atoms with Crippen molar-refractivity contribution < 1.29 is 9.53 Å². The van der Waals surface area contributed by atoms with E-state index in [2.05, 4.69) is 0 Å². The largest absolute Gasteiger partial charge is 0.341 e. The van der Waals surface area contributed by atoms with Crippen LogP contribution in [0.3, 0.4) is 0 Å². The first-order valence-electron chi connectivity index (χ1n) is 6.80. The molecule has 0 saturated carbocycles. The number of hydrogen-bond acceptors (Lipinski definition) is 2. The van der Waals surface area contributed by atoms with E-state index < -0.39 is 0 Å². The van der Waals surface area contributed by atoms with Crippen LogP contribution in [0, 0.1) is 0 Å². The molecule has 3 rings (SSSR count). The van der Waals surface area contributed by atoms with Crippen LogP contribution in [0.4, 0.5) is 0 Å². The fraction of sp³-hybridized carbons (Fsp3) is 0.235. The zero-order valence-electron chi connectivity index (χ0n) is 11.4. The molecule has 102 valence electrons. The van der Waals surface area contributed by atoms with Crippen LogP contribution in [0.25, 0.3) is 0 Å². The van der Waals surface area contributed by atoms with E-state index in [0.29, 0.717) is 6.54 Å². The quantitative estimate of drug-likeness (QED) is 0.855. The summed E-state index contributed by atoms with van der Waals surface area (Å²) in [4.78, 5) is 14.1. The van der Waals surface area contributed by atoms with E-state index in [1.807, 2.05) is 67.6 Å². The van der Waals surface area contributed by atoms with Gasteiger partial charge in [0.2, 0.25) is 0 Å². The van der Waals surface area contributed by atoms with Crippen molar-refractivity contribution in [2.45, 2.75) is 25.8 Å². The van der Waals surface area contributed by atoms with Crippen LogP contribution < -0.4 is 0 Å². The van der Waals surface area contributed by atoms with E-state index in [1.165, 1.54) is 0 Å². The van der Waals surface area contributed by atoms with Crippen LogP contribution in [0.2, 0.25) is 0 Å². The normalized spacial score (nSPS) is 22.2. The van der Waals surface area contributed by atoms with E-state index in [0.717, 1.165) is 11.1 Å². The number of hydrogen-bond donors (Lipinski definition) is 0. The maximum absolute atomic E-state index is 12.3. The summed E-state index contributed by atoms with van der Waals surface area (Å²) >= 11 is 0. The second-order valence-electron chi connectivity index (χ2n) is 4.99. The SMILES string of the molecule is C[C@H]1O[C@H](c2ccccc2)N(Cc2ccccc2)C1=O. The molecule has 3 nitrogen and oxygen atoms in total. The number of amides is 1. The van der Waals surface area contributed by atoms with Gasteiger partial charge in [0.15, 0.2) is 6.23 Å². The molecule has 0 N–H and O–H groups in total. The van der Waals surface area contributed by atoms with Crippen molar-refractivity contribution in [3.8, 4) is 0 Å². The van der Waals surface area contributed by atoms with Gasteiger partial charge in [0.05, 0.1) is 0 Å². The molecule has 1 fully saturated rings. The monoisotopic (exact) mass is 267 g/mol. The second kappa shape index (κ2) is 5.47. The average molecular weight is 267 g/mol. The van der Waals surface area contributed by atoms with Gasteiger partial charge >= 0.3 is 0 Å². The Kier molecular flexibility index (Phi) is 3.52. The summed E-state index contributed by atoms with van der Waals surface area (Å²) in [5.74, 6) is 0.0442. The lowest BCUT2D eigenvalue weighted by molar-refractivity contribution is -0.130. The highest BCUT2D eigenvalue weighted by molar-refractivity contribution is 5.82. The first-order chi connectivity index (χ1) is 9.75. The number of carbonyl (C=O) groups is 1. The number of ether oxygens (including phenoxy) is 1.